The second-order valence-corrected chi connectivity index (χ2v) is 6.31. The van der Waals surface area contributed by atoms with Crippen LogP contribution in [0.5, 0.6) is 0 Å². The number of anilines is 1. The van der Waals surface area contributed by atoms with Gasteiger partial charge >= 0.3 is 0 Å². The van der Waals surface area contributed by atoms with Crippen molar-refractivity contribution in [1.29, 1.82) is 0 Å². The van der Waals surface area contributed by atoms with Crippen molar-refractivity contribution in [1.82, 2.24) is 19.3 Å². The Hall–Kier alpha value is -1.93. The molecule has 2 heterocycles. The van der Waals surface area contributed by atoms with E-state index in [1.807, 2.05) is 14.0 Å². The summed E-state index contributed by atoms with van der Waals surface area (Å²) in [6, 6.07) is 1.66. The smallest absolute Gasteiger partial charge is 0.244 e. The van der Waals surface area contributed by atoms with Crippen LogP contribution in [0.3, 0.4) is 0 Å². The Bertz CT molecular complexity index is 696. The van der Waals surface area contributed by atoms with Crippen molar-refractivity contribution in [3.8, 4) is 0 Å². The van der Waals surface area contributed by atoms with Crippen molar-refractivity contribution in [3.63, 3.8) is 0 Å². The van der Waals surface area contributed by atoms with Gasteiger partial charge in [-0.1, -0.05) is 6.92 Å². The zero-order valence-corrected chi connectivity index (χ0v) is 12.9. The number of pyridine rings is 1. The minimum Gasteiger partial charge on any atom is -0.384 e. The molecule has 0 radical (unpaired) electrons. The van der Waals surface area contributed by atoms with Crippen molar-refractivity contribution in [3.05, 3.63) is 36.7 Å². The Morgan fingerprint density at radius 1 is 1.33 bits per heavy atom. The van der Waals surface area contributed by atoms with E-state index in [-0.39, 0.29) is 11.4 Å². The zero-order chi connectivity index (χ0) is 15.3. The second-order valence-electron chi connectivity index (χ2n) is 4.58. The van der Waals surface area contributed by atoms with E-state index in [1.54, 1.807) is 29.2 Å². The Labute approximate surface area is 124 Å². The predicted molar refractivity (Wildman–Crippen MR) is 80.3 cm³/mol. The molecule has 8 heteroatoms. The van der Waals surface area contributed by atoms with Crippen molar-refractivity contribution < 1.29 is 8.42 Å². The SMILES string of the molecule is CCCNc1ccncc1S(=O)(=O)NCc1nccn1C. The molecule has 0 unspecified atom stereocenters. The molecule has 0 atom stereocenters. The van der Waals surface area contributed by atoms with Gasteiger partial charge in [0.15, 0.2) is 0 Å². The Morgan fingerprint density at radius 2 is 2.14 bits per heavy atom. The molecule has 21 heavy (non-hydrogen) atoms. The minimum absolute atomic E-state index is 0.133. The van der Waals surface area contributed by atoms with Gasteiger partial charge in [-0.25, -0.2) is 18.1 Å². The average Bonchev–Trinajstić information content (AvgIpc) is 2.89. The summed E-state index contributed by atoms with van der Waals surface area (Å²) in [7, 11) is -1.83. The summed E-state index contributed by atoms with van der Waals surface area (Å²) < 4.78 is 29.1. The minimum atomic E-state index is -3.64. The van der Waals surface area contributed by atoms with Crippen LogP contribution in [0.4, 0.5) is 5.69 Å². The lowest BCUT2D eigenvalue weighted by Crippen LogP contribution is -2.25. The molecule has 114 valence electrons. The van der Waals surface area contributed by atoms with Crippen molar-refractivity contribution in [2.45, 2.75) is 24.8 Å². The molecule has 0 aliphatic rings. The number of hydrogen-bond acceptors (Lipinski definition) is 5. The van der Waals surface area contributed by atoms with Crippen LogP contribution in [0.2, 0.25) is 0 Å². The van der Waals surface area contributed by atoms with Gasteiger partial charge in [-0.15, -0.1) is 0 Å². The van der Waals surface area contributed by atoms with E-state index in [0.29, 0.717) is 18.1 Å². The van der Waals surface area contributed by atoms with Gasteiger partial charge in [0.2, 0.25) is 10.0 Å². The molecule has 0 bridgehead atoms. The highest BCUT2D eigenvalue weighted by molar-refractivity contribution is 7.89. The maximum absolute atomic E-state index is 12.4. The molecule has 2 aromatic heterocycles. The fourth-order valence-electron chi connectivity index (χ4n) is 1.80. The number of aromatic nitrogens is 3. The maximum Gasteiger partial charge on any atom is 0.244 e. The number of sulfonamides is 1. The number of imidazole rings is 1. The largest absolute Gasteiger partial charge is 0.384 e. The second kappa shape index (κ2) is 6.68. The van der Waals surface area contributed by atoms with Crippen LogP contribution in [-0.2, 0) is 23.6 Å². The van der Waals surface area contributed by atoms with Crippen LogP contribution in [0.15, 0.2) is 35.7 Å². The van der Waals surface area contributed by atoms with Crippen LogP contribution in [0.25, 0.3) is 0 Å². The third kappa shape index (κ3) is 3.79. The first kappa shape index (κ1) is 15.5. The maximum atomic E-state index is 12.4. The molecule has 0 aliphatic carbocycles. The molecule has 2 aromatic rings. The van der Waals surface area contributed by atoms with Crippen LogP contribution in [0.1, 0.15) is 19.2 Å². The summed E-state index contributed by atoms with van der Waals surface area (Å²) >= 11 is 0. The van der Waals surface area contributed by atoms with Crippen LogP contribution >= 0.6 is 0 Å². The molecule has 7 nitrogen and oxygen atoms in total. The van der Waals surface area contributed by atoms with E-state index in [4.69, 9.17) is 0 Å². The lowest BCUT2D eigenvalue weighted by atomic mass is 10.4. The Kier molecular flexibility index (Phi) is 4.92. The fourth-order valence-corrected chi connectivity index (χ4v) is 2.91. The van der Waals surface area contributed by atoms with Gasteiger partial charge < -0.3 is 9.88 Å². The third-order valence-corrected chi connectivity index (χ3v) is 4.41. The molecule has 0 fully saturated rings. The summed E-state index contributed by atoms with van der Waals surface area (Å²) in [5.41, 5.74) is 0.555. The molecule has 0 amide bonds. The molecule has 0 aromatic carbocycles. The van der Waals surface area contributed by atoms with Gasteiger partial charge in [0.25, 0.3) is 0 Å². The first-order valence-corrected chi connectivity index (χ1v) is 8.16. The predicted octanol–water partition coefficient (Wildman–Crippen LogP) is 1.12. The van der Waals surface area contributed by atoms with Gasteiger partial charge in [0, 0.05) is 38.4 Å². The van der Waals surface area contributed by atoms with E-state index < -0.39 is 10.0 Å². The number of hydrogen-bond donors (Lipinski definition) is 2. The van der Waals surface area contributed by atoms with E-state index in [9.17, 15) is 8.42 Å². The molecular formula is C13H19N5O2S. The summed E-state index contributed by atoms with van der Waals surface area (Å²) in [6.07, 6.45) is 7.21. The highest BCUT2D eigenvalue weighted by Gasteiger charge is 2.19. The monoisotopic (exact) mass is 309 g/mol. The first-order valence-electron chi connectivity index (χ1n) is 6.68. The summed E-state index contributed by atoms with van der Waals surface area (Å²) in [5, 5.41) is 3.09. The van der Waals surface area contributed by atoms with E-state index >= 15 is 0 Å². The number of rotatable bonds is 7. The number of nitrogens with zero attached hydrogens (tertiary/aromatic N) is 3. The topological polar surface area (TPSA) is 88.9 Å². The average molecular weight is 309 g/mol. The van der Waals surface area contributed by atoms with Crippen LogP contribution in [0, 0.1) is 0 Å². The number of nitrogens with one attached hydrogen (secondary N) is 2. The standard InChI is InChI=1S/C13H19N5O2S/c1-3-5-15-11-4-6-14-9-12(11)21(19,20)17-10-13-16-7-8-18(13)2/h4,6-9,17H,3,5,10H2,1-2H3,(H,14,15). The van der Waals surface area contributed by atoms with Gasteiger partial charge in [0.1, 0.15) is 10.7 Å². The third-order valence-electron chi connectivity index (χ3n) is 2.98. The van der Waals surface area contributed by atoms with Crippen LogP contribution in [-0.4, -0.2) is 29.5 Å². The fraction of sp³-hybridized carbons (Fsp3) is 0.385. The molecular weight excluding hydrogens is 290 g/mol. The lowest BCUT2D eigenvalue weighted by molar-refractivity contribution is 0.577. The van der Waals surface area contributed by atoms with Gasteiger partial charge in [-0.2, -0.15) is 0 Å². The molecule has 2 N–H and O–H groups in total. The lowest BCUT2D eigenvalue weighted by Gasteiger charge is -2.12. The van der Waals surface area contributed by atoms with Gasteiger partial charge in [-0.05, 0) is 12.5 Å². The van der Waals surface area contributed by atoms with Crippen molar-refractivity contribution in [2.24, 2.45) is 7.05 Å². The molecule has 0 spiro atoms. The molecule has 0 saturated carbocycles. The van der Waals surface area contributed by atoms with Crippen molar-refractivity contribution >= 4 is 15.7 Å². The summed E-state index contributed by atoms with van der Waals surface area (Å²) in [4.78, 5) is 8.14. The van der Waals surface area contributed by atoms with E-state index in [0.717, 1.165) is 6.42 Å². The van der Waals surface area contributed by atoms with Gasteiger partial charge in [0.05, 0.1) is 12.2 Å². The Balaban J connectivity index is 2.17. The van der Waals surface area contributed by atoms with Crippen LogP contribution < -0.4 is 10.0 Å². The van der Waals surface area contributed by atoms with Gasteiger partial charge in [-0.3, -0.25) is 4.98 Å². The Morgan fingerprint density at radius 3 is 2.81 bits per heavy atom. The summed E-state index contributed by atoms with van der Waals surface area (Å²) in [5.74, 6) is 0.644. The van der Waals surface area contributed by atoms with E-state index in [1.165, 1.54) is 6.20 Å². The molecule has 0 aliphatic heterocycles. The van der Waals surface area contributed by atoms with E-state index in [2.05, 4.69) is 20.0 Å². The molecule has 0 saturated heterocycles. The van der Waals surface area contributed by atoms with Crippen molar-refractivity contribution in [2.75, 3.05) is 11.9 Å². The zero-order valence-electron chi connectivity index (χ0n) is 12.1. The summed E-state index contributed by atoms with van der Waals surface area (Å²) in [6.45, 7) is 2.85. The highest BCUT2D eigenvalue weighted by atomic mass is 32.2. The quantitative estimate of drug-likeness (QED) is 0.800. The first-order chi connectivity index (χ1) is 10.0. The molecule has 2 rings (SSSR count). The number of aryl methyl sites for hydroxylation is 1. The normalized spacial score (nSPS) is 11.5. The highest BCUT2D eigenvalue weighted by Crippen LogP contribution is 2.19.